The number of morpholine rings is 1. The van der Waals surface area contributed by atoms with Crippen molar-refractivity contribution in [1.29, 1.82) is 0 Å². The summed E-state index contributed by atoms with van der Waals surface area (Å²) in [6, 6.07) is 7.93. The maximum Gasteiger partial charge on any atom is 0.253 e. The standard InChI is InChI=1S/C21H29N3O3/c1-14(2)18(24-8-10-27-11-9-24)13-22-21(25)17-12-16-6-5-7-19(26-4)20(16)23-15(17)3/h5-7,12,14,18H,8-11,13H2,1-4H3,(H,22,25)/t18-/m1/s1. The Morgan fingerprint density at radius 3 is 2.74 bits per heavy atom. The lowest BCUT2D eigenvalue weighted by Gasteiger charge is -2.36. The first-order valence-electron chi connectivity index (χ1n) is 9.55. The van der Waals surface area contributed by atoms with Crippen LogP contribution in [0.25, 0.3) is 10.9 Å². The van der Waals surface area contributed by atoms with E-state index in [2.05, 4.69) is 29.0 Å². The summed E-state index contributed by atoms with van der Waals surface area (Å²) in [5.41, 5.74) is 2.10. The molecule has 1 aliphatic rings. The second-order valence-corrected chi connectivity index (χ2v) is 7.32. The molecule has 1 fully saturated rings. The second-order valence-electron chi connectivity index (χ2n) is 7.32. The molecule has 1 aromatic carbocycles. The van der Waals surface area contributed by atoms with Crippen molar-refractivity contribution < 1.29 is 14.3 Å². The molecule has 0 bridgehead atoms. The number of nitrogens with one attached hydrogen (secondary N) is 1. The third kappa shape index (κ3) is 4.39. The molecular formula is C21H29N3O3. The zero-order valence-electron chi connectivity index (χ0n) is 16.6. The number of carbonyl (C=O) groups is 1. The summed E-state index contributed by atoms with van der Waals surface area (Å²) in [5.74, 6) is 1.09. The Morgan fingerprint density at radius 2 is 2.07 bits per heavy atom. The van der Waals surface area contributed by atoms with E-state index < -0.39 is 0 Å². The van der Waals surface area contributed by atoms with Crippen molar-refractivity contribution in [2.45, 2.75) is 26.8 Å². The van der Waals surface area contributed by atoms with E-state index in [-0.39, 0.29) is 5.91 Å². The van der Waals surface area contributed by atoms with Crippen molar-refractivity contribution in [3.8, 4) is 5.75 Å². The van der Waals surface area contributed by atoms with Gasteiger partial charge in [0.15, 0.2) is 0 Å². The van der Waals surface area contributed by atoms with Gasteiger partial charge >= 0.3 is 0 Å². The average molecular weight is 371 g/mol. The van der Waals surface area contributed by atoms with Gasteiger partial charge in [-0.05, 0) is 25.0 Å². The fraction of sp³-hybridized carbons (Fsp3) is 0.524. The summed E-state index contributed by atoms with van der Waals surface area (Å²) in [6.07, 6.45) is 0. The fourth-order valence-electron chi connectivity index (χ4n) is 3.65. The Hall–Kier alpha value is -2.18. The number of hydrogen-bond acceptors (Lipinski definition) is 5. The summed E-state index contributed by atoms with van der Waals surface area (Å²) in [4.78, 5) is 19.9. The van der Waals surface area contributed by atoms with Crippen molar-refractivity contribution in [2.24, 2.45) is 5.92 Å². The maximum atomic E-state index is 12.8. The summed E-state index contributed by atoms with van der Waals surface area (Å²) in [6.45, 7) is 10.2. The molecule has 1 amide bonds. The summed E-state index contributed by atoms with van der Waals surface area (Å²) in [7, 11) is 1.63. The first-order valence-corrected chi connectivity index (χ1v) is 9.55. The van der Waals surface area contributed by atoms with Crippen molar-refractivity contribution in [1.82, 2.24) is 15.2 Å². The molecule has 1 aliphatic heterocycles. The minimum Gasteiger partial charge on any atom is -0.494 e. The van der Waals surface area contributed by atoms with E-state index in [1.165, 1.54) is 0 Å². The lowest BCUT2D eigenvalue weighted by Crippen LogP contribution is -2.51. The van der Waals surface area contributed by atoms with Gasteiger partial charge in [0, 0.05) is 31.1 Å². The van der Waals surface area contributed by atoms with Crippen LogP contribution < -0.4 is 10.1 Å². The van der Waals surface area contributed by atoms with Crippen molar-refractivity contribution in [2.75, 3.05) is 40.0 Å². The molecule has 2 heterocycles. The van der Waals surface area contributed by atoms with Crippen LogP contribution in [-0.2, 0) is 4.74 Å². The third-order valence-corrected chi connectivity index (χ3v) is 5.22. The van der Waals surface area contributed by atoms with Crippen LogP contribution in [0.3, 0.4) is 0 Å². The number of nitrogens with zero attached hydrogens (tertiary/aromatic N) is 2. The predicted octanol–water partition coefficient (Wildman–Crippen LogP) is 2.64. The van der Waals surface area contributed by atoms with Gasteiger partial charge in [-0.1, -0.05) is 26.0 Å². The largest absolute Gasteiger partial charge is 0.494 e. The number of fused-ring (bicyclic) bond motifs is 1. The monoisotopic (exact) mass is 371 g/mol. The highest BCUT2D eigenvalue weighted by Gasteiger charge is 2.24. The second kappa shape index (κ2) is 8.67. The summed E-state index contributed by atoms with van der Waals surface area (Å²) in [5, 5.41) is 4.02. The smallest absolute Gasteiger partial charge is 0.253 e. The molecule has 146 valence electrons. The molecule has 1 aromatic heterocycles. The number of aryl methyl sites for hydroxylation is 1. The van der Waals surface area contributed by atoms with Gasteiger partial charge in [0.1, 0.15) is 11.3 Å². The Balaban J connectivity index is 1.76. The van der Waals surface area contributed by atoms with Crippen LogP contribution in [0.2, 0.25) is 0 Å². The van der Waals surface area contributed by atoms with Gasteiger partial charge in [-0.3, -0.25) is 9.69 Å². The van der Waals surface area contributed by atoms with Gasteiger partial charge in [0.05, 0.1) is 31.6 Å². The van der Waals surface area contributed by atoms with E-state index in [4.69, 9.17) is 9.47 Å². The molecule has 0 radical (unpaired) electrons. The number of aromatic nitrogens is 1. The number of benzene rings is 1. The lowest BCUT2D eigenvalue weighted by atomic mass is 10.0. The van der Waals surface area contributed by atoms with Gasteiger partial charge in [0.25, 0.3) is 5.91 Å². The van der Waals surface area contributed by atoms with Crippen molar-refractivity contribution >= 4 is 16.8 Å². The summed E-state index contributed by atoms with van der Waals surface area (Å²) < 4.78 is 10.8. The number of para-hydroxylation sites is 1. The molecular weight excluding hydrogens is 342 g/mol. The Labute approximate surface area is 160 Å². The molecule has 27 heavy (non-hydrogen) atoms. The maximum absolute atomic E-state index is 12.8. The number of carbonyl (C=O) groups excluding carboxylic acids is 1. The molecule has 6 nitrogen and oxygen atoms in total. The number of amides is 1. The van der Waals surface area contributed by atoms with Gasteiger partial charge < -0.3 is 14.8 Å². The molecule has 1 saturated heterocycles. The quantitative estimate of drug-likeness (QED) is 0.846. The van der Waals surface area contributed by atoms with E-state index in [1.807, 2.05) is 31.2 Å². The molecule has 3 rings (SSSR count). The Kier molecular flexibility index (Phi) is 6.29. The van der Waals surface area contributed by atoms with E-state index in [9.17, 15) is 4.79 Å². The molecule has 0 unspecified atom stereocenters. The first-order chi connectivity index (χ1) is 13.0. The van der Waals surface area contributed by atoms with Crippen LogP contribution >= 0.6 is 0 Å². The van der Waals surface area contributed by atoms with E-state index in [0.717, 1.165) is 43.0 Å². The highest BCUT2D eigenvalue weighted by molar-refractivity contribution is 5.99. The topological polar surface area (TPSA) is 63.7 Å². The van der Waals surface area contributed by atoms with Crippen LogP contribution in [0.15, 0.2) is 24.3 Å². The molecule has 0 aliphatic carbocycles. The van der Waals surface area contributed by atoms with E-state index >= 15 is 0 Å². The van der Waals surface area contributed by atoms with E-state index in [0.29, 0.717) is 29.8 Å². The van der Waals surface area contributed by atoms with E-state index in [1.54, 1.807) is 7.11 Å². The highest BCUT2D eigenvalue weighted by Crippen LogP contribution is 2.25. The number of pyridine rings is 1. The Bertz CT molecular complexity index is 801. The lowest BCUT2D eigenvalue weighted by molar-refractivity contribution is 0.00672. The van der Waals surface area contributed by atoms with Gasteiger partial charge in [-0.25, -0.2) is 4.98 Å². The third-order valence-electron chi connectivity index (χ3n) is 5.22. The molecule has 1 N–H and O–H groups in total. The number of rotatable bonds is 6. The molecule has 6 heteroatoms. The predicted molar refractivity (Wildman–Crippen MR) is 106 cm³/mol. The van der Waals surface area contributed by atoms with Gasteiger partial charge in [0.2, 0.25) is 0 Å². The zero-order valence-corrected chi connectivity index (χ0v) is 16.6. The van der Waals surface area contributed by atoms with Crippen LogP contribution in [0.1, 0.15) is 29.9 Å². The SMILES string of the molecule is COc1cccc2cc(C(=O)NC[C@H](C(C)C)N3CCOCC3)c(C)nc12. The molecule has 2 aromatic rings. The zero-order chi connectivity index (χ0) is 19.4. The summed E-state index contributed by atoms with van der Waals surface area (Å²) >= 11 is 0. The minimum atomic E-state index is -0.0800. The number of hydrogen-bond donors (Lipinski definition) is 1. The van der Waals surface area contributed by atoms with Gasteiger partial charge in [-0.2, -0.15) is 0 Å². The van der Waals surface area contributed by atoms with Crippen LogP contribution in [0.5, 0.6) is 5.75 Å². The van der Waals surface area contributed by atoms with Crippen LogP contribution in [0.4, 0.5) is 0 Å². The average Bonchev–Trinajstić information content (AvgIpc) is 2.67. The van der Waals surface area contributed by atoms with Crippen molar-refractivity contribution in [3.05, 3.63) is 35.5 Å². The normalized spacial score (nSPS) is 16.5. The van der Waals surface area contributed by atoms with Gasteiger partial charge in [-0.15, -0.1) is 0 Å². The van der Waals surface area contributed by atoms with Crippen LogP contribution in [-0.4, -0.2) is 61.8 Å². The first kappa shape index (κ1) is 19.6. The number of ether oxygens (including phenoxy) is 2. The molecule has 1 atom stereocenters. The molecule has 0 spiro atoms. The highest BCUT2D eigenvalue weighted by atomic mass is 16.5. The fourth-order valence-corrected chi connectivity index (χ4v) is 3.65. The minimum absolute atomic E-state index is 0.0800. The number of methoxy groups -OCH3 is 1. The van der Waals surface area contributed by atoms with Crippen LogP contribution in [0, 0.1) is 12.8 Å². The Morgan fingerprint density at radius 1 is 1.33 bits per heavy atom. The molecule has 0 saturated carbocycles. The van der Waals surface area contributed by atoms with Crippen molar-refractivity contribution in [3.63, 3.8) is 0 Å².